The lowest BCUT2D eigenvalue weighted by molar-refractivity contribution is -0.136. The number of anilines is 1. The summed E-state index contributed by atoms with van der Waals surface area (Å²) in [6, 6.07) is 7.24. The first-order chi connectivity index (χ1) is 12.2. The summed E-state index contributed by atoms with van der Waals surface area (Å²) in [6.45, 7) is 1.73. The van der Waals surface area contributed by atoms with Crippen molar-refractivity contribution in [1.29, 1.82) is 0 Å². The van der Waals surface area contributed by atoms with Crippen molar-refractivity contribution in [2.24, 2.45) is 0 Å². The van der Waals surface area contributed by atoms with Crippen LogP contribution in [0.15, 0.2) is 35.2 Å². The summed E-state index contributed by atoms with van der Waals surface area (Å²) in [7, 11) is -1.34. The second-order valence-electron chi connectivity index (χ2n) is 5.46. The average Bonchev–Trinajstić information content (AvgIpc) is 2.57. The number of benzene rings is 2. The molecule has 2 aromatic carbocycles. The van der Waals surface area contributed by atoms with Crippen LogP contribution in [0.3, 0.4) is 0 Å². The Hall–Kier alpha value is -2.45. The number of halogens is 1. The molecule has 0 saturated heterocycles. The Labute approximate surface area is 156 Å². The van der Waals surface area contributed by atoms with Gasteiger partial charge in [0.1, 0.15) is 16.4 Å². The molecule has 0 heterocycles. The number of rotatable bonds is 7. The molecular weight excluding hydrogens is 382 g/mol. The average molecular weight is 400 g/mol. The van der Waals surface area contributed by atoms with Crippen molar-refractivity contribution in [3.63, 3.8) is 0 Å². The molecule has 2 N–H and O–H groups in total. The first-order valence-corrected chi connectivity index (χ1v) is 9.29. The summed E-state index contributed by atoms with van der Waals surface area (Å²) in [5.74, 6) is -0.720. The van der Waals surface area contributed by atoms with E-state index >= 15 is 0 Å². The van der Waals surface area contributed by atoms with Crippen LogP contribution >= 0.6 is 11.6 Å². The Bertz CT molecular complexity index is 943. The standard InChI is InChI=1S/C17H18ClNO6S/c1-10-6-13(15(25-3)9-12(10)18)19-26(22,23)16-7-11(8-17(20)21)4-5-14(16)24-2/h4-7,9,19H,8H2,1-3H3,(H,20,21). The van der Waals surface area contributed by atoms with E-state index in [1.807, 2.05) is 0 Å². The molecule has 0 aliphatic rings. The maximum atomic E-state index is 12.9. The molecule has 140 valence electrons. The van der Waals surface area contributed by atoms with Crippen LogP contribution in [0.2, 0.25) is 5.02 Å². The number of aliphatic carboxylic acids is 1. The maximum absolute atomic E-state index is 12.9. The van der Waals surface area contributed by atoms with Gasteiger partial charge in [0, 0.05) is 11.1 Å². The lowest BCUT2D eigenvalue weighted by atomic mass is 10.1. The first kappa shape index (κ1) is 19.9. The zero-order chi connectivity index (χ0) is 19.5. The molecule has 0 aliphatic heterocycles. The molecule has 0 aliphatic carbocycles. The second kappa shape index (κ2) is 7.84. The molecule has 7 nitrogen and oxygen atoms in total. The van der Waals surface area contributed by atoms with E-state index in [9.17, 15) is 13.2 Å². The molecule has 0 atom stereocenters. The highest BCUT2D eigenvalue weighted by Crippen LogP contribution is 2.34. The molecular formula is C17H18ClNO6S. The van der Waals surface area contributed by atoms with Gasteiger partial charge in [-0.05, 0) is 36.2 Å². The summed E-state index contributed by atoms with van der Waals surface area (Å²) in [5, 5.41) is 9.36. The summed E-state index contributed by atoms with van der Waals surface area (Å²) in [5.41, 5.74) is 1.20. The fourth-order valence-electron chi connectivity index (χ4n) is 2.33. The lowest BCUT2D eigenvalue weighted by Crippen LogP contribution is -2.15. The Morgan fingerprint density at radius 3 is 2.38 bits per heavy atom. The number of carboxylic acid groups (broad SMARTS) is 1. The van der Waals surface area contributed by atoms with Crippen molar-refractivity contribution in [3.8, 4) is 11.5 Å². The first-order valence-electron chi connectivity index (χ1n) is 7.43. The number of carboxylic acids is 1. The van der Waals surface area contributed by atoms with Gasteiger partial charge in [0.2, 0.25) is 0 Å². The smallest absolute Gasteiger partial charge is 0.307 e. The largest absolute Gasteiger partial charge is 0.495 e. The minimum atomic E-state index is -4.07. The number of methoxy groups -OCH3 is 2. The van der Waals surface area contributed by atoms with Crippen LogP contribution in [0.4, 0.5) is 5.69 Å². The summed E-state index contributed by atoms with van der Waals surface area (Å²) < 4.78 is 38.4. The van der Waals surface area contributed by atoms with Gasteiger partial charge in [0.15, 0.2) is 0 Å². The van der Waals surface area contributed by atoms with Gasteiger partial charge in [-0.1, -0.05) is 17.7 Å². The van der Waals surface area contributed by atoms with Crippen LogP contribution in [0, 0.1) is 6.92 Å². The highest BCUT2D eigenvalue weighted by molar-refractivity contribution is 7.92. The van der Waals surface area contributed by atoms with Gasteiger partial charge in [0.05, 0.1) is 26.3 Å². The van der Waals surface area contributed by atoms with Gasteiger partial charge < -0.3 is 14.6 Å². The highest BCUT2D eigenvalue weighted by Gasteiger charge is 2.23. The van der Waals surface area contributed by atoms with Crippen LogP contribution in [-0.4, -0.2) is 33.7 Å². The Morgan fingerprint density at radius 1 is 1.15 bits per heavy atom. The number of nitrogens with one attached hydrogen (secondary N) is 1. The molecule has 0 aromatic heterocycles. The Balaban J connectivity index is 2.51. The zero-order valence-corrected chi connectivity index (χ0v) is 15.9. The second-order valence-corrected chi connectivity index (χ2v) is 7.52. The van der Waals surface area contributed by atoms with Gasteiger partial charge in [-0.15, -0.1) is 0 Å². The fraction of sp³-hybridized carbons (Fsp3) is 0.235. The summed E-state index contributed by atoms with van der Waals surface area (Å²) in [4.78, 5) is 10.7. The zero-order valence-electron chi connectivity index (χ0n) is 14.4. The van der Waals surface area contributed by atoms with Crippen LogP contribution in [-0.2, 0) is 21.2 Å². The third kappa shape index (κ3) is 4.39. The van der Waals surface area contributed by atoms with E-state index < -0.39 is 16.0 Å². The summed E-state index contributed by atoms with van der Waals surface area (Å²) in [6.07, 6.45) is -0.310. The van der Waals surface area contributed by atoms with Gasteiger partial charge >= 0.3 is 5.97 Å². The molecule has 26 heavy (non-hydrogen) atoms. The van der Waals surface area contributed by atoms with E-state index in [1.165, 1.54) is 38.5 Å². The van der Waals surface area contributed by atoms with Gasteiger partial charge in [-0.25, -0.2) is 8.42 Å². The molecule has 0 spiro atoms. The van der Waals surface area contributed by atoms with E-state index in [1.54, 1.807) is 13.0 Å². The molecule has 0 amide bonds. The summed E-state index contributed by atoms with van der Waals surface area (Å²) >= 11 is 6.04. The van der Waals surface area contributed by atoms with Crippen LogP contribution < -0.4 is 14.2 Å². The maximum Gasteiger partial charge on any atom is 0.307 e. The van der Waals surface area contributed by atoms with Crippen molar-refractivity contribution in [1.82, 2.24) is 0 Å². The number of hydrogen-bond donors (Lipinski definition) is 2. The van der Waals surface area contributed by atoms with Crippen molar-refractivity contribution in [3.05, 3.63) is 46.5 Å². The van der Waals surface area contributed by atoms with Crippen molar-refractivity contribution in [2.45, 2.75) is 18.2 Å². The quantitative estimate of drug-likeness (QED) is 0.741. The molecule has 2 rings (SSSR count). The third-order valence-corrected chi connectivity index (χ3v) is 5.39. The van der Waals surface area contributed by atoms with Gasteiger partial charge in [-0.2, -0.15) is 0 Å². The lowest BCUT2D eigenvalue weighted by Gasteiger charge is -2.15. The van der Waals surface area contributed by atoms with E-state index in [0.717, 1.165) is 0 Å². The number of aryl methyl sites for hydroxylation is 1. The SMILES string of the molecule is COc1cc(Cl)c(C)cc1NS(=O)(=O)c1cc(CC(=O)O)ccc1OC. The van der Waals surface area contributed by atoms with E-state index in [-0.39, 0.29) is 28.5 Å². The predicted molar refractivity (Wildman–Crippen MR) is 97.9 cm³/mol. The molecule has 0 bridgehead atoms. The van der Waals surface area contributed by atoms with Crippen molar-refractivity contribution >= 4 is 33.3 Å². The van der Waals surface area contributed by atoms with Gasteiger partial charge in [-0.3, -0.25) is 9.52 Å². The molecule has 0 unspecified atom stereocenters. The normalized spacial score (nSPS) is 11.1. The van der Waals surface area contributed by atoms with Crippen molar-refractivity contribution in [2.75, 3.05) is 18.9 Å². The monoisotopic (exact) mass is 399 g/mol. The number of sulfonamides is 1. The topological polar surface area (TPSA) is 102 Å². The Kier molecular flexibility index (Phi) is 5.99. The highest BCUT2D eigenvalue weighted by atomic mass is 35.5. The molecule has 2 aromatic rings. The number of carbonyl (C=O) groups is 1. The van der Waals surface area contributed by atoms with Crippen LogP contribution in [0.5, 0.6) is 11.5 Å². The van der Waals surface area contributed by atoms with E-state index in [4.69, 9.17) is 26.2 Å². The minimum Gasteiger partial charge on any atom is -0.495 e. The third-order valence-electron chi connectivity index (χ3n) is 3.60. The minimum absolute atomic E-state index is 0.0938. The molecule has 0 saturated carbocycles. The molecule has 9 heteroatoms. The van der Waals surface area contributed by atoms with Crippen LogP contribution in [0.25, 0.3) is 0 Å². The number of hydrogen-bond acceptors (Lipinski definition) is 5. The predicted octanol–water partition coefficient (Wildman–Crippen LogP) is 3.09. The van der Waals surface area contributed by atoms with Gasteiger partial charge in [0.25, 0.3) is 10.0 Å². The fourth-order valence-corrected chi connectivity index (χ4v) is 3.76. The molecule has 0 radical (unpaired) electrons. The van der Waals surface area contributed by atoms with Crippen molar-refractivity contribution < 1.29 is 27.8 Å². The van der Waals surface area contributed by atoms with Crippen LogP contribution in [0.1, 0.15) is 11.1 Å². The van der Waals surface area contributed by atoms with E-state index in [2.05, 4.69) is 4.72 Å². The number of ether oxygens (including phenoxy) is 2. The van der Waals surface area contributed by atoms with E-state index in [0.29, 0.717) is 16.1 Å². The molecule has 0 fully saturated rings. The Morgan fingerprint density at radius 2 is 1.81 bits per heavy atom.